The summed E-state index contributed by atoms with van der Waals surface area (Å²) in [5.74, 6) is 0.954. The van der Waals surface area contributed by atoms with Gasteiger partial charge in [-0.25, -0.2) is 0 Å². The fourth-order valence-corrected chi connectivity index (χ4v) is 2.37. The van der Waals surface area contributed by atoms with Crippen LogP contribution in [-0.4, -0.2) is 32.9 Å². The molecule has 1 aromatic carbocycles. The van der Waals surface area contributed by atoms with E-state index in [0.29, 0.717) is 0 Å². The van der Waals surface area contributed by atoms with Gasteiger partial charge in [0, 0.05) is 18.6 Å². The summed E-state index contributed by atoms with van der Waals surface area (Å²) in [7, 11) is 0. The van der Waals surface area contributed by atoms with E-state index in [1.807, 2.05) is 30.3 Å². The van der Waals surface area contributed by atoms with Gasteiger partial charge in [-0.3, -0.25) is 0 Å². The maximum Gasteiger partial charge on any atom is 0.119 e. The molecule has 100 valence electrons. The minimum atomic E-state index is 0.269. The Labute approximate surface area is 109 Å². The number of ether oxygens (including phenoxy) is 2. The van der Waals surface area contributed by atoms with Crippen molar-refractivity contribution in [3.8, 4) is 5.75 Å². The maximum absolute atomic E-state index is 5.79. The normalized spacial score (nSPS) is 23.2. The van der Waals surface area contributed by atoms with Crippen LogP contribution in [0.2, 0.25) is 0 Å². The van der Waals surface area contributed by atoms with Gasteiger partial charge in [0.1, 0.15) is 5.75 Å². The van der Waals surface area contributed by atoms with Gasteiger partial charge in [-0.05, 0) is 31.5 Å². The molecule has 0 spiro atoms. The molecule has 18 heavy (non-hydrogen) atoms. The lowest BCUT2D eigenvalue weighted by molar-refractivity contribution is 0.129. The summed E-state index contributed by atoms with van der Waals surface area (Å²) in [5.41, 5.74) is 0.269. The van der Waals surface area contributed by atoms with Gasteiger partial charge in [-0.15, -0.1) is 0 Å². The van der Waals surface area contributed by atoms with Gasteiger partial charge in [0.15, 0.2) is 0 Å². The average molecular weight is 249 g/mol. The van der Waals surface area contributed by atoms with E-state index in [4.69, 9.17) is 9.47 Å². The number of benzene rings is 1. The monoisotopic (exact) mass is 249 g/mol. The Kier molecular flexibility index (Phi) is 5.02. The number of nitrogens with one attached hydrogen (secondary N) is 1. The molecule has 1 aromatic rings. The van der Waals surface area contributed by atoms with E-state index in [1.165, 1.54) is 0 Å². The van der Waals surface area contributed by atoms with Crippen molar-refractivity contribution in [2.45, 2.75) is 19.8 Å². The quantitative estimate of drug-likeness (QED) is 0.805. The van der Waals surface area contributed by atoms with Crippen LogP contribution in [0.5, 0.6) is 5.75 Å². The topological polar surface area (TPSA) is 30.5 Å². The number of para-hydroxylation sites is 1. The second-order valence-electron chi connectivity index (χ2n) is 4.99. The molecule has 1 fully saturated rings. The minimum Gasteiger partial charge on any atom is -0.494 e. The smallest absolute Gasteiger partial charge is 0.119 e. The van der Waals surface area contributed by atoms with E-state index in [0.717, 1.165) is 51.5 Å². The largest absolute Gasteiger partial charge is 0.494 e. The Balaban J connectivity index is 1.79. The van der Waals surface area contributed by atoms with Gasteiger partial charge < -0.3 is 14.8 Å². The predicted octanol–water partition coefficient (Wildman–Crippen LogP) is 2.47. The highest BCUT2D eigenvalue weighted by Gasteiger charge is 2.34. The number of hydrogen-bond acceptors (Lipinski definition) is 3. The van der Waals surface area contributed by atoms with Crippen molar-refractivity contribution in [1.82, 2.24) is 5.32 Å². The Bertz CT molecular complexity index is 334. The van der Waals surface area contributed by atoms with Crippen molar-refractivity contribution in [2.75, 3.05) is 32.9 Å². The molecule has 0 aliphatic carbocycles. The van der Waals surface area contributed by atoms with Crippen molar-refractivity contribution < 1.29 is 9.47 Å². The molecule has 1 saturated heterocycles. The van der Waals surface area contributed by atoms with E-state index < -0.39 is 0 Å². The van der Waals surface area contributed by atoms with Gasteiger partial charge in [0.2, 0.25) is 0 Å². The van der Waals surface area contributed by atoms with Crippen LogP contribution in [0.15, 0.2) is 30.3 Å². The van der Waals surface area contributed by atoms with Crippen molar-refractivity contribution in [1.29, 1.82) is 0 Å². The first-order valence-electron chi connectivity index (χ1n) is 6.81. The SMILES string of the molecule is CCNCC1(CCOc2ccccc2)CCOC1. The van der Waals surface area contributed by atoms with Crippen molar-refractivity contribution in [2.24, 2.45) is 5.41 Å². The lowest BCUT2D eigenvalue weighted by Gasteiger charge is -2.27. The zero-order valence-electron chi connectivity index (χ0n) is 11.2. The number of hydrogen-bond donors (Lipinski definition) is 1. The van der Waals surface area contributed by atoms with E-state index in [1.54, 1.807) is 0 Å². The molecule has 1 atom stereocenters. The van der Waals surface area contributed by atoms with Crippen LogP contribution in [0.1, 0.15) is 19.8 Å². The first kappa shape index (κ1) is 13.4. The van der Waals surface area contributed by atoms with Gasteiger partial charge in [-0.2, -0.15) is 0 Å². The third kappa shape index (κ3) is 3.72. The molecule has 1 heterocycles. The lowest BCUT2D eigenvalue weighted by atomic mass is 9.84. The second kappa shape index (κ2) is 6.76. The molecule has 0 aromatic heterocycles. The van der Waals surface area contributed by atoms with Crippen molar-refractivity contribution in [3.63, 3.8) is 0 Å². The molecule has 3 heteroatoms. The summed E-state index contributed by atoms with van der Waals surface area (Å²) in [6.07, 6.45) is 2.19. The van der Waals surface area contributed by atoms with Crippen LogP contribution in [-0.2, 0) is 4.74 Å². The van der Waals surface area contributed by atoms with Crippen LogP contribution in [0.25, 0.3) is 0 Å². The molecule has 1 N–H and O–H groups in total. The van der Waals surface area contributed by atoms with E-state index in [-0.39, 0.29) is 5.41 Å². The maximum atomic E-state index is 5.79. The molecule has 1 aliphatic heterocycles. The lowest BCUT2D eigenvalue weighted by Crippen LogP contribution is -2.36. The number of rotatable bonds is 7. The fourth-order valence-electron chi connectivity index (χ4n) is 2.37. The summed E-state index contributed by atoms with van der Waals surface area (Å²) in [5, 5.41) is 3.44. The third-order valence-corrected chi connectivity index (χ3v) is 3.58. The molecule has 1 unspecified atom stereocenters. The first-order chi connectivity index (χ1) is 8.85. The van der Waals surface area contributed by atoms with Crippen LogP contribution in [0.4, 0.5) is 0 Å². The summed E-state index contributed by atoms with van der Waals surface area (Å²) in [6, 6.07) is 10.0. The third-order valence-electron chi connectivity index (χ3n) is 3.58. The molecular weight excluding hydrogens is 226 g/mol. The second-order valence-corrected chi connectivity index (χ2v) is 4.99. The summed E-state index contributed by atoms with van der Waals surface area (Å²) in [6.45, 7) is 6.70. The Morgan fingerprint density at radius 3 is 2.83 bits per heavy atom. The highest BCUT2D eigenvalue weighted by Crippen LogP contribution is 2.31. The highest BCUT2D eigenvalue weighted by molar-refractivity contribution is 5.20. The van der Waals surface area contributed by atoms with Crippen molar-refractivity contribution in [3.05, 3.63) is 30.3 Å². The molecule has 3 nitrogen and oxygen atoms in total. The van der Waals surface area contributed by atoms with Crippen LogP contribution in [0, 0.1) is 5.41 Å². The van der Waals surface area contributed by atoms with Gasteiger partial charge in [0.25, 0.3) is 0 Å². The zero-order chi connectivity index (χ0) is 12.7. The van der Waals surface area contributed by atoms with E-state index >= 15 is 0 Å². The Morgan fingerprint density at radius 2 is 2.17 bits per heavy atom. The molecule has 0 amide bonds. The van der Waals surface area contributed by atoms with Gasteiger partial charge in [-0.1, -0.05) is 25.1 Å². The van der Waals surface area contributed by atoms with Crippen LogP contribution >= 0.6 is 0 Å². The average Bonchev–Trinajstić information content (AvgIpc) is 2.87. The van der Waals surface area contributed by atoms with E-state index in [2.05, 4.69) is 12.2 Å². The molecule has 0 bridgehead atoms. The zero-order valence-corrected chi connectivity index (χ0v) is 11.2. The van der Waals surface area contributed by atoms with Crippen LogP contribution < -0.4 is 10.1 Å². The molecule has 0 saturated carbocycles. The van der Waals surface area contributed by atoms with Gasteiger partial charge >= 0.3 is 0 Å². The Hall–Kier alpha value is -1.06. The molecule has 1 aliphatic rings. The Morgan fingerprint density at radius 1 is 1.33 bits per heavy atom. The van der Waals surface area contributed by atoms with Crippen molar-refractivity contribution >= 4 is 0 Å². The summed E-state index contributed by atoms with van der Waals surface area (Å²) in [4.78, 5) is 0. The minimum absolute atomic E-state index is 0.269. The summed E-state index contributed by atoms with van der Waals surface area (Å²) < 4.78 is 11.4. The van der Waals surface area contributed by atoms with E-state index in [9.17, 15) is 0 Å². The predicted molar refractivity (Wildman–Crippen MR) is 73.0 cm³/mol. The molecule has 2 rings (SSSR count). The standard InChI is InChI=1S/C15H23NO2/c1-2-16-12-15(8-10-17-13-15)9-11-18-14-6-4-3-5-7-14/h3-7,16H,2,8-13H2,1H3. The van der Waals surface area contributed by atoms with Gasteiger partial charge in [0.05, 0.1) is 13.2 Å². The first-order valence-corrected chi connectivity index (χ1v) is 6.81. The highest BCUT2D eigenvalue weighted by atomic mass is 16.5. The fraction of sp³-hybridized carbons (Fsp3) is 0.600. The molecular formula is C15H23NO2. The summed E-state index contributed by atoms with van der Waals surface area (Å²) >= 11 is 0. The molecule has 0 radical (unpaired) electrons. The van der Waals surface area contributed by atoms with Crippen LogP contribution in [0.3, 0.4) is 0 Å².